The van der Waals surface area contributed by atoms with Gasteiger partial charge >= 0.3 is 6.09 Å². The second-order valence-corrected chi connectivity index (χ2v) is 7.20. The summed E-state index contributed by atoms with van der Waals surface area (Å²) in [6.07, 6.45) is 1.71. The first-order valence-corrected chi connectivity index (χ1v) is 8.05. The van der Waals surface area contributed by atoms with Gasteiger partial charge in [0.2, 0.25) is 5.91 Å². The lowest BCUT2D eigenvalue weighted by Crippen LogP contribution is -2.42. The van der Waals surface area contributed by atoms with Gasteiger partial charge in [0.15, 0.2) is 0 Å². The summed E-state index contributed by atoms with van der Waals surface area (Å²) < 4.78 is 5.46. The molecule has 0 bridgehead atoms. The molecule has 1 heterocycles. The molecule has 126 valence electrons. The SMILES string of the molecule is Cc1cc(C2CCCN(C(=O)OC(C)(C)C)C2)ccc1C(N)=O. The van der Waals surface area contributed by atoms with E-state index in [0.29, 0.717) is 12.1 Å². The van der Waals surface area contributed by atoms with Gasteiger partial charge in [-0.25, -0.2) is 4.79 Å². The largest absolute Gasteiger partial charge is 0.444 e. The summed E-state index contributed by atoms with van der Waals surface area (Å²) in [4.78, 5) is 25.4. The van der Waals surface area contributed by atoms with Crippen molar-refractivity contribution in [2.24, 2.45) is 5.73 Å². The highest BCUT2D eigenvalue weighted by Crippen LogP contribution is 2.29. The van der Waals surface area contributed by atoms with Gasteiger partial charge in [0.25, 0.3) is 0 Å². The van der Waals surface area contributed by atoms with Crippen molar-refractivity contribution in [2.75, 3.05) is 13.1 Å². The zero-order valence-electron chi connectivity index (χ0n) is 14.4. The van der Waals surface area contributed by atoms with E-state index in [1.54, 1.807) is 11.0 Å². The van der Waals surface area contributed by atoms with Crippen molar-refractivity contribution in [3.63, 3.8) is 0 Å². The van der Waals surface area contributed by atoms with Crippen LogP contribution in [0.1, 0.15) is 61.0 Å². The van der Waals surface area contributed by atoms with E-state index in [1.165, 1.54) is 0 Å². The maximum atomic E-state index is 12.2. The van der Waals surface area contributed by atoms with Crippen LogP contribution in [0, 0.1) is 6.92 Å². The fraction of sp³-hybridized carbons (Fsp3) is 0.556. The number of aryl methyl sites for hydroxylation is 1. The summed E-state index contributed by atoms with van der Waals surface area (Å²) in [5.74, 6) is -0.148. The van der Waals surface area contributed by atoms with E-state index < -0.39 is 11.5 Å². The first kappa shape index (κ1) is 17.3. The minimum Gasteiger partial charge on any atom is -0.444 e. The van der Waals surface area contributed by atoms with Crippen LogP contribution in [0.2, 0.25) is 0 Å². The molecule has 2 N–H and O–H groups in total. The van der Waals surface area contributed by atoms with E-state index in [-0.39, 0.29) is 12.0 Å². The van der Waals surface area contributed by atoms with Gasteiger partial charge in [0, 0.05) is 24.6 Å². The van der Waals surface area contributed by atoms with E-state index >= 15 is 0 Å². The Morgan fingerprint density at radius 3 is 2.57 bits per heavy atom. The minimum atomic E-state index is -0.482. The van der Waals surface area contributed by atoms with Gasteiger partial charge < -0.3 is 15.4 Å². The van der Waals surface area contributed by atoms with Gasteiger partial charge in [-0.3, -0.25) is 4.79 Å². The van der Waals surface area contributed by atoms with Crippen LogP contribution in [0.15, 0.2) is 18.2 Å². The van der Waals surface area contributed by atoms with Crippen LogP contribution >= 0.6 is 0 Å². The topological polar surface area (TPSA) is 72.6 Å². The maximum Gasteiger partial charge on any atom is 0.410 e. The summed E-state index contributed by atoms with van der Waals surface area (Å²) in [5.41, 5.74) is 7.44. The second kappa shape index (κ2) is 6.60. The highest BCUT2D eigenvalue weighted by Gasteiger charge is 2.28. The van der Waals surface area contributed by atoms with Gasteiger partial charge in [-0.15, -0.1) is 0 Å². The Morgan fingerprint density at radius 2 is 2.00 bits per heavy atom. The molecule has 1 saturated heterocycles. The number of rotatable bonds is 2. The minimum absolute atomic E-state index is 0.257. The molecule has 0 aromatic heterocycles. The Hall–Kier alpha value is -2.04. The molecule has 1 aromatic rings. The Balaban J connectivity index is 2.11. The van der Waals surface area contributed by atoms with Crippen LogP contribution < -0.4 is 5.73 Å². The summed E-state index contributed by atoms with van der Waals surface area (Å²) in [6, 6.07) is 5.72. The number of benzene rings is 1. The lowest BCUT2D eigenvalue weighted by Gasteiger charge is -2.34. The van der Waals surface area contributed by atoms with Gasteiger partial charge in [-0.1, -0.05) is 12.1 Å². The number of likely N-dealkylation sites (tertiary alicyclic amines) is 1. The smallest absolute Gasteiger partial charge is 0.410 e. The third kappa shape index (κ3) is 4.47. The number of hydrogen-bond donors (Lipinski definition) is 1. The molecule has 1 aromatic carbocycles. The molecule has 1 fully saturated rings. The Bertz CT molecular complexity index is 605. The molecule has 5 heteroatoms. The molecule has 2 amide bonds. The molecule has 1 atom stereocenters. The molecule has 5 nitrogen and oxygen atoms in total. The zero-order valence-corrected chi connectivity index (χ0v) is 14.4. The number of carbonyl (C=O) groups excluding carboxylic acids is 2. The Morgan fingerprint density at radius 1 is 1.30 bits per heavy atom. The lowest BCUT2D eigenvalue weighted by molar-refractivity contribution is 0.0198. The highest BCUT2D eigenvalue weighted by molar-refractivity contribution is 5.94. The van der Waals surface area contributed by atoms with E-state index in [9.17, 15) is 9.59 Å². The van der Waals surface area contributed by atoms with Crippen LogP contribution in [0.5, 0.6) is 0 Å². The predicted octanol–water partition coefficient (Wildman–Crippen LogP) is 3.21. The highest BCUT2D eigenvalue weighted by atomic mass is 16.6. The molecule has 0 spiro atoms. The van der Waals surface area contributed by atoms with Crippen molar-refractivity contribution in [1.82, 2.24) is 4.90 Å². The fourth-order valence-electron chi connectivity index (χ4n) is 2.96. The van der Waals surface area contributed by atoms with Crippen molar-refractivity contribution in [1.29, 1.82) is 0 Å². The maximum absolute atomic E-state index is 12.2. The third-order valence-electron chi connectivity index (χ3n) is 4.06. The third-order valence-corrected chi connectivity index (χ3v) is 4.06. The molecule has 0 radical (unpaired) electrons. The molecular weight excluding hydrogens is 292 g/mol. The molecular formula is C18H26N2O3. The molecule has 2 rings (SSSR count). The normalized spacial score (nSPS) is 18.6. The van der Waals surface area contributed by atoms with Gasteiger partial charge in [-0.2, -0.15) is 0 Å². The molecule has 23 heavy (non-hydrogen) atoms. The Labute approximate surface area is 137 Å². The lowest BCUT2D eigenvalue weighted by atomic mass is 9.89. The number of carbonyl (C=O) groups is 2. The van der Waals surface area contributed by atoms with Gasteiger partial charge in [0.1, 0.15) is 5.60 Å². The Kier molecular flexibility index (Phi) is 4.97. The second-order valence-electron chi connectivity index (χ2n) is 7.20. The van der Waals surface area contributed by atoms with Crippen LogP contribution in [0.4, 0.5) is 4.79 Å². The zero-order chi connectivity index (χ0) is 17.2. The number of primary amides is 1. The van der Waals surface area contributed by atoms with Crippen molar-refractivity contribution in [2.45, 2.75) is 52.1 Å². The molecule has 0 aliphatic carbocycles. The van der Waals surface area contributed by atoms with Crippen LogP contribution in [0.25, 0.3) is 0 Å². The van der Waals surface area contributed by atoms with Crippen LogP contribution in [-0.2, 0) is 4.74 Å². The summed E-state index contributed by atoms with van der Waals surface area (Å²) in [7, 11) is 0. The van der Waals surface area contributed by atoms with Crippen molar-refractivity contribution >= 4 is 12.0 Å². The first-order valence-electron chi connectivity index (χ1n) is 8.05. The molecule has 0 saturated carbocycles. The van der Waals surface area contributed by atoms with E-state index in [1.807, 2.05) is 39.8 Å². The number of hydrogen-bond acceptors (Lipinski definition) is 3. The van der Waals surface area contributed by atoms with Crippen LogP contribution in [-0.4, -0.2) is 35.6 Å². The molecule has 1 unspecified atom stereocenters. The standard InChI is InChI=1S/C18H26N2O3/c1-12-10-13(7-8-15(12)16(19)21)14-6-5-9-20(11-14)17(22)23-18(2,3)4/h7-8,10,14H,5-6,9,11H2,1-4H3,(H2,19,21). The van der Waals surface area contributed by atoms with Crippen LogP contribution in [0.3, 0.4) is 0 Å². The number of nitrogens with zero attached hydrogens (tertiary/aromatic N) is 1. The monoisotopic (exact) mass is 318 g/mol. The number of amides is 2. The average Bonchev–Trinajstić information content (AvgIpc) is 2.45. The summed E-state index contributed by atoms with van der Waals surface area (Å²) >= 11 is 0. The van der Waals surface area contributed by atoms with Gasteiger partial charge in [0.05, 0.1) is 0 Å². The number of piperidine rings is 1. The average molecular weight is 318 g/mol. The predicted molar refractivity (Wildman–Crippen MR) is 89.5 cm³/mol. The van der Waals surface area contributed by atoms with Crippen molar-refractivity contribution in [3.05, 3.63) is 34.9 Å². The first-order chi connectivity index (χ1) is 10.7. The van der Waals surface area contributed by atoms with E-state index in [0.717, 1.165) is 30.5 Å². The quantitative estimate of drug-likeness (QED) is 0.910. The summed E-state index contributed by atoms with van der Waals surface area (Å²) in [6.45, 7) is 8.88. The van der Waals surface area contributed by atoms with Crippen molar-refractivity contribution in [3.8, 4) is 0 Å². The fourth-order valence-corrected chi connectivity index (χ4v) is 2.96. The number of nitrogens with two attached hydrogens (primary N) is 1. The molecule has 1 aliphatic rings. The van der Waals surface area contributed by atoms with Crippen molar-refractivity contribution < 1.29 is 14.3 Å². The van der Waals surface area contributed by atoms with E-state index in [4.69, 9.17) is 10.5 Å². The van der Waals surface area contributed by atoms with E-state index in [2.05, 4.69) is 0 Å². The number of ether oxygens (including phenoxy) is 1. The molecule has 1 aliphatic heterocycles. The summed E-state index contributed by atoms with van der Waals surface area (Å²) in [5, 5.41) is 0. The van der Waals surface area contributed by atoms with Gasteiger partial charge in [-0.05, 0) is 57.7 Å².